The molecule has 3 N–H and O–H groups in total. The molecular weight excluding hydrogens is 321 g/mol. The summed E-state index contributed by atoms with van der Waals surface area (Å²) in [6.07, 6.45) is -5.61. The zero-order valence-electron chi connectivity index (χ0n) is 9.87. The fourth-order valence-corrected chi connectivity index (χ4v) is 2.01. The minimum atomic E-state index is -4.40. The van der Waals surface area contributed by atoms with E-state index in [4.69, 9.17) is 16.7 Å². The van der Waals surface area contributed by atoms with Crippen molar-refractivity contribution in [1.82, 2.24) is 5.32 Å². The van der Waals surface area contributed by atoms with Crippen molar-refractivity contribution in [3.05, 3.63) is 28.8 Å². The van der Waals surface area contributed by atoms with E-state index in [-0.39, 0.29) is 15.5 Å². The Hall–Kier alpha value is -1.32. The van der Waals surface area contributed by atoms with E-state index in [0.717, 1.165) is 18.2 Å². The van der Waals surface area contributed by atoms with E-state index in [0.29, 0.717) is 0 Å². The van der Waals surface area contributed by atoms with E-state index in [1.54, 1.807) is 0 Å². The van der Waals surface area contributed by atoms with E-state index >= 15 is 0 Å². The molecule has 0 radical (unpaired) electrons. The van der Waals surface area contributed by atoms with E-state index in [1.807, 2.05) is 5.32 Å². The van der Waals surface area contributed by atoms with Crippen LogP contribution in [-0.2, 0) is 10.0 Å². The van der Waals surface area contributed by atoms with Crippen LogP contribution in [0.3, 0.4) is 0 Å². The van der Waals surface area contributed by atoms with E-state index < -0.39 is 35.1 Å². The third-order valence-corrected chi connectivity index (χ3v) is 3.45. The van der Waals surface area contributed by atoms with Crippen LogP contribution in [0.25, 0.3) is 0 Å². The molecule has 1 aromatic carbocycles. The van der Waals surface area contributed by atoms with Crippen molar-refractivity contribution >= 4 is 27.5 Å². The molecule has 0 spiro atoms. The molecule has 5 nitrogen and oxygen atoms in total. The molecule has 0 aliphatic heterocycles. The molecule has 1 aromatic rings. The van der Waals surface area contributed by atoms with Crippen LogP contribution >= 0.6 is 11.6 Å². The summed E-state index contributed by atoms with van der Waals surface area (Å²) < 4.78 is 58.0. The van der Waals surface area contributed by atoms with Crippen LogP contribution in [0.5, 0.6) is 0 Å². The Labute approximate surface area is 118 Å². The standard InChI is InChI=1S/C10H10ClF3N2O3S/c11-8-2-1-6(20(15,18)19)5-7(8)9(17)16-4-3-10(12,13)14/h1-2,5H,3-4H2,(H,16,17)(H2,15,18,19). The highest BCUT2D eigenvalue weighted by Crippen LogP contribution is 2.21. The van der Waals surface area contributed by atoms with Gasteiger partial charge in [-0.05, 0) is 18.2 Å². The molecule has 112 valence electrons. The van der Waals surface area contributed by atoms with Gasteiger partial charge in [0.05, 0.1) is 21.9 Å². The number of hydrogen-bond donors (Lipinski definition) is 2. The SMILES string of the molecule is NS(=O)(=O)c1ccc(Cl)c(C(=O)NCCC(F)(F)F)c1. The molecule has 1 rings (SSSR count). The first-order chi connectivity index (χ1) is 9.00. The first-order valence-corrected chi connectivity index (χ1v) is 7.10. The van der Waals surface area contributed by atoms with Crippen molar-refractivity contribution in [3.8, 4) is 0 Å². The van der Waals surface area contributed by atoms with Crippen LogP contribution in [-0.4, -0.2) is 27.0 Å². The molecule has 10 heteroatoms. The number of benzene rings is 1. The molecule has 0 unspecified atom stereocenters. The number of carbonyl (C=O) groups is 1. The third-order valence-electron chi connectivity index (χ3n) is 2.21. The molecule has 0 bridgehead atoms. The summed E-state index contributed by atoms with van der Waals surface area (Å²) in [5.74, 6) is -0.912. The van der Waals surface area contributed by atoms with E-state index in [2.05, 4.69) is 0 Å². The van der Waals surface area contributed by atoms with Gasteiger partial charge < -0.3 is 5.32 Å². The molecule has 0 saturated carbocycles. The molecule has 1 amide bonds. The lowest BCUT2D eigenvalue weighted by molar-refractivity contribution is -0.132. The number of amides is 1. The zero-order chi connectivity index (χ0) is 15.6. The second-order valence-corrected chi connectivity index (χ2v) is 5.78. The summed E-state index contributed by atoms with van der Waals surface area (Å²) in [6, 6.07) is 3.12. The summed E-state index contributed by atoms with van der Waals surface area (Å²) in [5.41, 5.74) is -0.264. The van der Waals surface area contributed by atoms with Gasteiger partial charge in [-0.25, -0.2) is 13.6 Å². The van der Waals surface area contributed by atoms with Gasteiger partial charge in [0.1, 0.15) is 0 Å². The van der Waals surface area contributed by atoms with Crippen molar-refractivity contribution in [1.29, 1.82) is 0 Å². The minimum absolute atomic E-state index is 0.0955. The van der Waals surface area contributed by atoms with Crippen LogP contribution < -0.4 is 10.5 Å². The van der Waals surface area contributed by atoms with E-state index in [1.165, 1.54) is 0 Å². The van der Waals surface area contributed by atoms with Gasteiger partial charge in [0.15, 0.2) is 0 Å². The average molecular weight is 331 g/mol. The summed E-state index contributed by atoms with van der Waals surface area (Å²) >= 11 is 5.69. The van der Waals surface area contributed by atoms with Crippen LogP contribution in [0.2, 0.25) is 5.02 Å². The number of alkyl halides is 3. The van der Waals surface area contributed by atoms with Crippen LogP contribution in [0.15, 0.2) is 23.1 Å². The summed E-state index contributed by atoms with van der Waals surface area (Å²) in [5, 5.41) is 6.78. The number of carbonyl (C=O) groups excluding carboxylic acids is 1. The molecule has 0 aromatic heterocycles. The Kier molecular flexibility index (Phi) is 5.00. The summed E-state index contributed by atoms with van der Waals surface area (Å²) in [4.78, 5) is 11.3. The molecule has 20 heavy (non-hydrogen) atoms. The average Bonchev–Trinajstić information content (AvgIpc) is 2.25. The van der Waals surface area contributed by atoms with Gasteiger partial charge in [0.2, 0.25) is 10.0 Å². The van der Waals surface area contributed by atoms with Crippen molar-refractivity contribution in [3.63, 3.8) is 0 Å². The zero-order valence-corrected chi connectivity index (χ0v) is 11.4. The van der Waals surface area contributed by atoms with Crippen LogP contribution in [0.1, 0.15) is 16.8 Å². The first kappa shape index (κ1) is 16.7. The number of hydrogen-bond acceptors (Lipinski definition) is 3. The number of halogens is 4. The highest BCUT2D eigenvalue weighted by molar-refractivity contribution is 7.89. The Morgan fingerprint density at radius 3 is 2.45 bits per heavy atom. The Bertz CT molecular complexity index is 617. The van der Waals surface area contributed by atoms with Gasteiger partial charge in [0.25, 0.3) is 5.91 Å². The fourth-order valence-electron chi connectivity index (χ4n) is 1.27. The lowest BCUT2D eigenvalue weighted by Gasteiger charge is -2.09. The predicted molar refractivity (Wildman–Crippen MR) is 65.8 cm³/mol. The van der Waals surface area contributed by atoms with Crippen molar-refractivity contribution in [2.45, 2.75) is 17.5 Å². The van der Waals surface area contributed by atoms with Crippen LogP contribution in [0.4, 0.5) is 13.2 Å². The number of primary sulfonamides is 1. The number of nitrogens with two attached hydrogens (primary N) is 1. The monoisotopic (exact) mass is 330 g/mol. The molecule has 0 saturated heterocycles. The van der Waals surface area contributed by atoms with Gasteiger partial charge in [-0.3, -0.25) is 4.79 Å². The van der Waals surface area contributed by atoms with Gasteiger partial charge in [-0.1, -0.05) is 11.6 Å². The topological polar surface area (TPSA) is 89.3 Å². The fraction of sp³-hybridized carbons (Fsp3) is 0.300. The summed E-state index contributed by atoms with van der Waals surface area (Å²) in [7, 11) is -4.04. The smallest absolute Gasteiger partial charge is 0.352 e. The molecule has 0 fully saturated rings. The van der Waals surface area contributed by atoms with Gasteiger partial charge in [0, 0.05) is 6.54 Å². The normalized spacial score (nSPS) is 12.2. The first-order valence-electron chi connectivity index (χ1n) is 5.18. The molecular formula is C10H10ClF3N2O3S. The second-order valence-electron chi connectivity index (χ2n) is 3.81. The van der Waals surface area contributed by atoms with Crippen molar-refractivity contribution < 1.29 is 26.4 Å². The quantitative estimate of drug-likeness (QED) is 0.880. The highest BCUT2D eigenvalue weighted by Gasteiger charge is 2.27. The Balaban J connectivity index is 2.88. The lowest BCUT2D eigenvalue weighted by atomic mass is 10.2. The second kappa shape index (κ2) is 5.98. The minimum Gasteiger partial charge on any atom is -0.352 e. The van der Waals surface area contributed by atoms with Crippen molar-refractivity contribution in [2.24, 2.45) is 5.14 Å². The van der Waals surface area contributed by atoms with E-state index in [9.17, 15) is 26.4 Å². The Morgan fingerprint density at radius 2 is 1.95 bits per heavy atom. The molecule has 0 atom stereocenters. The maximum Gasteiger partial charge on any atom is 0.390 e. The molecule has 0 heterocycles. The maximum atomic E-state index is 11.9. The summed E-state index contributed by atoms with van der Waals surface area (Å²) in [6.45, 7) is -0.641. The molecule has 0 aliphatic rings. The Morgan fingerprint density at radius 1 is 1.35 bits per heavy atom. The lowest BCUT2D eigenvalue weighted by Crippen LogP contribution is -2.28. The van der Waals surface area contributed by atoms with Crippen LogP contribution in [0, 0.1) is 0 Å². The number of nitrogens with one attached hydrogen (secondary N) is 1. The predicted octanol–water partition coefficient (Wildman–Crippen LogP) is 1.67. The highest BCUT2D eigenvalue weighted by atomic mass is 35.5. The molecule has 0 aliphatic carbocycles. The third kappa shape index (κ3) is 4.99. The van der Waals surface area contributed by atoms with Gasteiger partial charge in [-0.15, -0.1) is 0 Å². The van der Waals surface area contributed by atoms with Gasteiger partial charge >= 0.3 is 6.18 Å². The van der Waals surface area contributed by atoms with Gasteiger partial charge in [-0.2, -0.15) is 13.2 Å². The van der Waals surface area contributed by atoms with Crippen molar-refractivity contribution in [2.75, 3.05) is 6.54 Å². The number of rotatable bonds is 4. The number of sulfonamides is 1. The largest absolute Gasteiger partial charge is 0.390 e. The maximum absolute atomic E-state index is 11.9.